The van der Waals surface area contributed by atoms with Crippen molar-refractivity contribution in [1.82, 2.24) is 9.97 Å². The van der Waals surface area contributed by atoms with Crippen molar-refractivity contribution < 1.29 is 13.6 Å². The zero-order chi connectivity index (χ0) is 16.8. The van der Waals surface area contributed by atoms with Crippen LogP contribution in [0.2, 0.25) is 0 Å². The molecule has 23 heavy (non-hydrogen) atoms. The minimum atomic E-state index is -1.03. The standard InChI is InChI=1S/C15H15F2N3O2S/c1-2-3-9-7-13(21)20-15(19-9)23-8-14(22)18-10-4-5-11(16)12(17)6-10/h4-7H,2-3,8H2,1H3,(H,18,22)(H,19,20,21). The van der Waals surface area contributed by atoms with Gasteiger partial charge in [-0.3, -0.25) is 9.59 Å². The first-order valence-electron chi connectivity index (χ1n) is 6.96. The minimum absolute atomic E-state index is 0.0164. The van der Waals surface area contributed by atoms with Gasteiger partial charge in [0.2, 0.25) is 5.91 Å². The number of aromatic amines is 1. The van der Waals surface area contributed by atoms with Crippen LogP contribution in [0, 0.1) is 11.6 Å². The van der Waals surface area contributed by atoms with Gasteiger partial charge in [0.1, 0.15) is 0 Å². The maximum atomic E-state index is 13.1. The van der Waals surface area contributed by atoms with Crippen LogP contribution in [0.4, 0.5) is 14.5 Å². The third-order valence-electron chi connectivity index (χ3n) is 2.82. The second kappa shape index (κ2) is 7.87. The number of anilines is 1. The van der Waals surface area contributed by atoms with Crippen LogP contribution in [0.3, 0.4) is 0 Å². The number of amides is 1. The molecule has 2 rings (SSSR count). The van der Waals surface area contributed by atoms with E-state index in [2.05, 4.69) is 15.3 Å². The number of benzene rings is 1. The molecule has 0 fully saturated rings. The molecular formula is C15H15F2N3O2S. The van der Waals surface area contributed by atoms with Crippen LogP contribution in [0.1, 0.15) is 19.0 Å². The van der Waals surface area contributed by atoms with E-state index in [4.69, 9.17) is 0 Å². The van der Waals surface area contributed by atoms with Crippen LogP contribution in [0.25, 0.3) is 0 Å². The summed E-state index contributed by atoms with van der Waals surface area (Å²) in [5.41, 5.74) is 0.558. The number of nitrogens with zero attached hydrogens (tertiary/aromatic N) is 1. The molecular weight excluding hydrogens is 324 g/mol. The first-order chi connectivity index (χ1) is 11.0. The summed E-state index contributed by atoms with van der Waals surface area (Å²) in [6.45, 7) is 1.98. The lowest BCUT2D eigenvalue weighted by atomic mass is 10.2. The number of thioether (sulfide) groups is 1. The number of carbonyl (C=O) groups is 1. The summed E-state index contributed by atoms with van der Waals surface area (Å²) in [7, 11) is 0. The Hall–Kier alpha value is -2.22. The molecule has 1 aromatic carbocycles. The largest absolute Gasteiger partial charge is 0.325 e. The number of carbonyl (C=O) groups excluding carboxylic acids is 1. The average molecular weight is 339 g/mol. The highest BCUT2D eigenvalue weighted by molar-refractivity contribution is 7.99. The van der Waals surface area contributed by atoms with E-state index in [1.807, 2.05) is 6.92 Å². The Balaban J connectivity index is 1.96. The van der Waals surface area contributed by atoms with Gasteiger partial charge in [0.25, 0.3) is 5.56 Å². The summed E-state index contributed by atoms with van der Waals surface area (Å²) in [5, 5.41) is 2.80. The predicted molar refractivity (Wildman–Crippen MR) is 84.6 cm³/mol. The SMILES string of the molecule is CCCc1cc(=O)[nH]c(SCC(=O)Nc2ccc(F)c(F)c2)n1. The minimum Gasteiger partial charge on any atom is -0.325 e. The van der Waals surface area contributed by atoms with Gasteiger partial charge in [-0.1, -0.05) is 25.1 Å². The molecule has 0 aliphatic rings. The van der Waals surface area contributed by atoms with Gasteiger partial charge in [0, 0.05) is 23.5 Å². The van der Waals surface area contributed by atoms with E-state index in [0.29, 0.717) is 17.3 Å². The van der Waals surface area contributed by atoms with Crippen molar-refractivity contribution in [2.24, 2.45) is 0 Å². The lowest BCUT2D eigenvalue weighted by Crippen LogP contribution is -2.16. The van der Waals surface area contributed by atoms with Crippen LogP contribution in [0.5, 0.6) is 0 Å². The van der Waals surface area contributed by atoms with E-state index in [1.54, 1.807) is 0 Å². The van der Waals surface area contributed by atoms with Crippen LogP contribution in [-0.2, 0) is 11.2 Å². The van der Waals surface area contributed by atoms with Crippen molar-refractivity contribution in [3.8, 4) is 0 Å². The fourth-order valence-corrected chi connectivity index (χ4v) is 2.54. The number of hydrogen-bond acceptors (Lipinski definition) is 4. The Kier molecular flexibility index (Phi) is 5.86. The summed E-state index contributed by atoms with van der Waals surface area (Å²) in [4.78, 5) is 30.1. The Morgan fingerprint density at radius 1 is 1.30 bits per heavy atom. The van der Waals surface area contributed by atoms with Crippen LogP contribution >= 0.6 is 11.8 Å². The topological polar surface area (TPSA) is 74.8 Å². The number of aromatic nitrogens is 2. The lowest BCUT2D eigenvalue weighted by Gasteiger charge is -2.06. The number of H-pyrrole nitrogens is 1. The molecule has 2 aromatic rings. The van der Waals surface area contributed by atoms with Gasteiger partial charge in [0.05, 0.1) is 5.75 Å². The second-order valence-electron chi connectivity index (χ2n) is 4.76. The monoisotopic (exact) mass is 339 g/mol. The molecule has 0 unspecified atom stereocenters. The van der Waals surface area contributed by atoms with E-state index in [0.717, 1.165) is 30.3 Å². The van der Waals surface area contributed by atoms with Crippen LogP contribution < -0.4 is 10.9 Å². The summed E-state index contributed by atoms with van der Waals surface area (Å²) >= 11 is 1.06. The van der Waals surface area contributed by atoms with Crippen LogP contribution in [0.15, 0.2) is 34.2 Å². The van der Waals surface area contributed by atoms with E-state index in [-0.39, 0.29) is 17.0 Å². The first-order valence-corrected chi connectivity index (χ1v) is 7.94. The Labute approximate surface area is 135 Å². The molecule has 0 atom stereocenters. The molecule has 1 amide bonds. The van der Waals surface area contributed by atoms with Crippen molar-refractivity contribution in [3.05, 3.63) is 51.9 Å². The number of hydrogen-bond donors (Lipinski definition) is 2. The molecule has 2 N–H and O–H groups in total. The highest BCUT2D eigenvalue weighted by Gasteiger charge is 2.08. The van der Waals surface area contributed by atoms with Crippen LogP contribution in [-0.4, -0.2) is 21.6 Å². The van der Waals surface area contributed by atoms with Crippen molar-refractivity contribution in [2.45, 2.75) is 24.9 Å². The molecule has 0 bridgehead atoms. The van der Waals surface area contributed by atoms with Gasteiger partial charge in [-0.15, -0.1) is 0 Å². The number of nitrogens with one attached hydrogen (secondary N) is 2. The average Bonchev–Trinajstić information content (AvgIpc) is 2.49. The van der Waals surface area contributed by atoms with Crippen molar-refractivity contribution in [2.75, 3.05) is 11.1 Å². The fraction of sp³-hybridized carbons (Fsp3) is 0.267. The zero-order valence-corrected chi connectivity index (χ0v) is 13.2. The molecule has 0 aliphatic heterocycles. The lowest BCUT2D eigenvalue weighted by molar-refractivity contribution is -0.113. The van der Waals surface area contributed by atoms with E-state index >= 15 is 0 Å². The maximum absolute atomic E-state index is 13.1. The molecule has 1 aromatic heterocycles. The van der Waals surface area contributed by atoms with Gasteiger partial charge in [-0.2, -0.15) is 0 Å². The number of rotatable bonds is 6. The van der Waals surface area contributed by atoms with Gasteiger partial charge in [-0.05, 0) is 18.6 Å². The molecule has 0 saturated carbocycles. The first kappa shape index (κ1) is 17.1. The summed E-state index contributed by atoms with van der Waals surface area (Å²) in [6, 6.07) is 4.53. The van der Waals surface area contributed by atoms with Crippen molar-refractivity contribution in [1.29, 1.82) is 0 Å². The molecule has 1 heterocycles. The number of aryl methyl sites for hydroxylation is 1. The normalized spacial score (nSPS) is 10.6. The third kappa shape index (κ3) is 5.17. The second-order valence-corrected chi connectivity index (χ2v) is 5.72. The van der Waals surface area contributed by atoms with Gasteiger partial charge in [0.15, 0.2) is 16.8 Å². The molecule has 0 radical (unpaired) electrons. The molecule has 0 spiro atoms. The fourth-order valence-electron chi connectivity index (χ4n) is 1.84. The maximum Gasteiger partial charge on any atom is 0.251 e. The summed E-state index contributed by atoms with van der Waals surface area (Å²) in [5.74, 6) is -2.44. The third-order valence-corrected chi connectivity index (χ3v) is 3.70. The molecule has 122 valence electrons. The van der Waals surface area contributed by atoms with Gasteiger partial charge in [-0.25, -0.2) is 13.8 Å². The molecule has 5 nitrogen and oxygen atoms in total. The summed E-state index contributed by atoms with van der Waals surface area (Å²) < 4.78 is 25.9. The molecule has 8 heteroatoms. The predicted octanol–water partition coefficient (Wildman–Crippen LogP) is 2.73. The van der Waals surface area contributed by atoms with Crippen molar-refractivity contribution in [3.63, 3.8) is 0 Å². The van der Waals surface area contributed by atoms with E-state index in [9.17, 15) is 18.4 Å². The van der Waals surface area contributed by atoms with Gasteiger partial charge < -0.3 is 10.3 Å². The zero-order valence-electron chi connectivity index (χ0n) is 12.4. The van der Waals surface area contributed by atoms with Gasteiger partial charge >= 0.3 is 0 Å². The molecule has 0 saturated heterocycles. The molecule has 0 aliphatic carbocycles. The smallest absolute Gasteiger partial charge is 0.251 e. The quantitative estimate of drug-likeness (QED) is 0.627. The van der Waals surface area contributed by atoms with E-state index in [1.165, 1.54) is 12.1 Å². The number of halogens is 2. The van der Waals surface area contributed by atoms with E-state index < -0.39 is 17.5 Å². The Morgan fingerprint density at radius 3 is 2.78 bits per heavy atom. The highest BCUT2D eigenvalue weighted by atomic mass is 32.2. The Bertz CT molecular complexity index is 765. The van der Waals surface area contributed by atoms with Crippen molar-refractivity contribution >= 4 is 23.4 Å². The highest BCUT2D eigenvalue weighted by Crippen LogP contribution is 2.15. The summed E-state index contributed by atoms with van der Waals surface area (Å²) in [6.07, 6.45) is 1.54. The Morgan fingerprint density at radius 2 is 2.09 bits per heavy atom.